The number of benzene rings is 1. The van der Waals surface area contributed by atoms with Crippen molar-refractivity contribution in [1.29, 1.82) is 0 Å². The van der Waals surface area contributed by atoms with Crippen LogP contribution in [-0.4, -0.2) is 34.0 Å². The molecule has 4 heteroatoms. The van der Waals surface area contributed by atoms with Gasteiger partial charge in [-0.05, 0) is 25.5 Å². The van der Waals surface area contributed by atoms with Gasteiger partial charge in [-0.2, -0.15) is 0 Å². The monoisotopic (exact) mass is 254 g/mol. The van der Waals surface area contributed by atoms with Crippen LogP contribution in [0.25, 0.3) is 0 Å². The van der Waals surface area contributed by atoms with Crippen LogP contribution >= 0.6 is 0 Å². The van der Waals surface area contributed by atoms with E-state index in [1.165, 1.54) is 0 Å². The van der Waals surface area contributed by atoms with Crippen molar-refractivity contribution in [3.05, 3.63) is 17.7 Å². The molecule has 0 heterocycles. The average molecular weight is 254 g/mol. The quantitative estimate of drug-likeness (QED) is 0.749. The number of rotatable bonds is 7. The topological polar surface area (TPSA) is 36.9 Å². The van der Waals surface area contributed by atoms with Gasteiger partial charge >= 0.3 is 0 Å². The van der Waals surface area contributed by atoms with Crippen LogP contribution in [0.3, 0.4) is 0 Å². The summed E-state index contributed by atoms with van der Waals surface area (Å²) in [5.41, 5.74) is 1.02. The Bertz CT molecular complexity index is 376. The molecule has 1 atom stereocenters. The minimum atomic E-state index is 0.184. The van der Waals surface area contributed by atoms with Gasteiger partial charge in [0.15, 0.2) is 11.5 Å². The summed E-state index contributed by atoms with van der Waals surface area (Å²) >= 11 is 0. The van der Waals surface area contributed by atoms with Crippen molar-refractivity contribution in [3.8, 4) is 17.2 Å². The van der Waals surface area contributed by atoms with E-state index < -0.39 is 0 Å². The van der Waals surface area contributed by atoms with Gasteiger partial charge in [0.05, 0.1) is 26.9 Å². The predicted molar refractivity (Wildman–Crippen MR) is 70.9 cm³/mol. The summed E-state index contributed by atoms with van der Waals surface area (Å²) in [6.07, 6.45) is 1.01. The molecule has 0 bridgehead atoms. The Kier molecular flexibility index (Phi) is 5.78. The Balaban J connectivity index is 2.74. The third-order valence-electron chi connectivity index (χ3n) is 2.87. The first-order valence-corrected chi connectivity index (χ1v) is 6.00. The molecule has 0 amide bonds. The second-order valence-electron chi connectivity index (χ2n) is 4.16. The minimum absolute atomic E-state index is 0.184. The van der Waals surface area contributed by atoms with Gasteiger partial charge in [0.1, 0.15) is 5.75 Å². The minimum Gasteiger partial charge on any atom is -0.496 e. The summed E-state index contributed by atoms with van der Waals surface area (Å²) in [6.45, 7) is 4.56. The second-order valence-corrected chi connectivity index (χ2v) is 4.16. The van der Waals surface area contributed by atoms with E-state index in [4.69, 9.17) is 18.9 Å². The first-order valence-electron chi connectivity index (χ1n) is 6.00. The van der Waals surface area contributed by atoms with Crippen LogP contribution < -0.4 is 14.2 Å². The highest BCUT2D eigenvalue weighted by atomic mass is 16.5. The molecule has 0 aliphatic heterocycles. The standard InChI is InChI=1S/C14H22O4/c1-10-8-13(17-5)14(9-12(10)16-4)18-7-6-11(2)15-3/h8-9,11H,6-7H2,1-5H3. The Morgan fingerprint density at radius 2 is 1.67 bits per heavy atom. The first kappa shape index (κ1) is 14.6. The van der Waals surface area contributed by atoms with Crippen molar-refractivity contribution in [2.75, 3.05) is 27.9 Å². The predicted octanol–water partition coefficient (Wildman–Crippen LogP) is 2.82. The number of methoxy groups -OCH3 is 3. The SMILES string of the molecule is COc1cc(OCCC(C)OC)c(OC)cc1C. The third-order valence-corrected chi connectivity index (χ3v) is 2.87. The maximum atomic E-state index is 5.71. The zero-order chi connectivity index (χ0) is 13.5. The van der Waals surface area contributed by atoms with E-state index in [-0.39, 0.29) is 6.10 Å². The van der Waals surface area contributed by atoms with Crippen molar-refractivity contribution in [3.63, 3.8) is 0 Å². The molecule has 0 N–H and O–H groups in total. The third kappa shape index (κ3) is 3.81. The van der Waals surface area contributed by atoms with E-state index >= 15 is 0 Å². The van der Waals surface area contributed by atoms with Gasteiger partial charge in [0.25, 0.3) is 0 Å². The number of aryl methyl sites for hydroxylation is 1. The van der Waals surface area contributed by atoms with Crippen molar-refractivity contribution < 1.29 is 18.9 Å². The van der Waals surface area contributed by atoms with E-state index in [0.717, 1.165) is 23.5 Å². The molecular weight excluding hydrogens is 232 g/mol. The van der Waals surface area contributed by atoms with Crippen LogP contribution in [0.1, 0.15) is 18.9 Å². The smallest absolute Gasteiger partial charge is 0.164 e. The zero-order valence-corrected chi connectivity index (χ0v) is 11.8. The van der Waals surface area contributed by atoms with Gasteiger partial charge in [0.2, 0.25) is 0 Å². The van der Waals surface area contributed by atoms with Crippen molar-refractivity contribution in [1.82, 2.24) is 0 Å². The Morgan fingerprint density at radius 1 is 1.00 bits per heavy atom. The summed E-state index contributed by atoms with van der Waals surface area (Å²) in [4.78, 5) is 0. The van der Waals surface area contributed by atoms with Gasteiger partial charge in [-0.25, -0.2) is 0 Å². The fraction of sp³-hybridized carbons (Fsp3) is 0.571. The van der Waals surface area contributed by atoms with E-state index in [1.807, 2.05) is 26.0 Å². The second kappa shape index (κ2) is 7.11. The molecule has 4 nitrogen and oxygen atoms in total. The molecule has 0 spiro atoms. The highest BCUT2D eigenvalue weighted by Gasteiger charge is 2.10. The lowest BCUT2D eigenvalue weighted by atomic mass is 10.2. The molecule has 0 aromatic heterocycles. The molecule has 0 aliphatic carbocycles. The Hall–Kier alpha value is -1.42. The number of hydrogen-bond donors (Lipinski definition) is 0. The zero-order valence-electron chi connectivity index (χ0n) is 11.8. The molecule has 0 saturated carbocycles. The molecule has 1 aromatic carbocycles. The maximum absolute atomic E-state index is 5.71. The highest BCUT2D eigenvalue weighted by molar-refractivity contribution is 5.50. The molecule has 1 unspecified atom stereocenters. The number of ether oxygens (including phenoxy) is 4. The maximum Gasteiger partial charge on any atom is 0.164 e. The molecule has 18 heavy (non-hydrogen) atoms. The fourth-order valence-electron chi connectivity index (χ4n) is 1.59. The van der Waals surface area contributed by atoms with E-state index in [1.54, 1.807) is 21.3 Å². The van der Waals surface area contributed by atoms with Gasteiger partial charge in [0, 0.05) is 19.6 Å². The number of hydrogen-bond acceptors (Lipinski definition) is 4. The average Bonchev–Trinajstić information content (AvgIpc) is 2.39. The summed E-state index contributed by atoms with van der Waals surface area (Å²) in [5, 5.41) is 0. The van der Waals surface area contributed by atoms with Crippen molar-refractivity contribution >= 4 is 0 Å². The van der Waals surface area contributed by atoms with Crippen LogP contribution in [-0.2, 0) is 4.74 Å². The van der Waals surface area contributed by atoms with Crippen LogP contribution in [0.15, 0.2) is 12.1 Å². The molecule has 0 radical (unpaired) electrons. The largest absolute Gasteiger partial charge is 0.496 e. The molecule has 102 valence electrons. The lowest BCUT2D eigenvalue weighted by Gasteiger charge is -2.15. The van der Waals surface area contributed by atoms with Crippen LogP contribution in [0.2, 0.25) is 0 Å². The molecule has 0 aliphatic rings. The van der Waals surface area contributed by atoms with Crippen LogP contribution in [0.5, 0.6) is 17.2 Å². The molecule has 1 aromatic rings. The summed E-state index contributed by atoms with van der Waals surface area (Å²) in [5.74, 6) is 2.22. The van der Waals surface area contributed by atoms with Crippen molar-refractivity contribution in [2.24, 2.45) is 0 Å². The molecule has 0 saturated heterocycles. The summed E-state index contributed by atoms with van der Waals surface area (Å²) < 4.78 is 21.5. The van der Waals surface area contributed by atoms with E-state index in [9.17, 15) is 0 Å². The van der Waals surface area contributed by atoms with Crippen molar-refractivity contribution in [2.45, 2.75) is 26.4 Å². The van der Waals surface area contributed by atoms with Gasteiger partial charge < -0.3 is 18.9 Å². The first-order chi connectivity index (χ1) is 8.62. The lowest BCUT2D eigenvalue weighted by Crippen LogP contribution is -2.11. The lowest BCUT2D eigenvalue weighted by molar-refractivity contribution is 0.0950. The van der Waals surface area contributed by atoms with Crippen LogP contribution in [0.4, 0.5) is 0 Å². The van der Waals surface area contributed by atoms with E-state index in [0.29, 0.717) is 12.4 Å². The Morgan fingerprint density at radius 3 is 2.22 bits per heavy atom. The van der Waals surface area contributed by atoms with Gasteiger partial charge in [-0.1, -0.05) is 0 Å². The highest BCUT2D eigenvalue weighted by Crippen LogP contribution is 2.34. The van der Waals surface area contributed by atoms with Gasteiger partial charge in [-0.15, -0.1) is 0 Å². The molecule has 0 fully saturated rings. The summed E-state index contributed by atoms with van der Waals surface area (Å²) in [6, 6.07) is 3.76. The Labute approximate surface area is 109 Å². The fourth-order valence-corrected chi connectivity index (χ4v) is 1.59. The molecular formula is C14H22O4. The normalized spacial score (nSPS) is 12.1. The van der Waals surface area contributed by atoms with Gasteiger partial charge in [-0.3, -0.25) is 0 Å². The molecule has 1 rings (SSSR count). The summed E-state index contributed by atoms with van der Waals surface area (Å²) in [7, 11) is 4.97. The van der Waals surface area contributed by atoms with E-state index in [2.05, 4.69) is 0 Å². The van der Waals surface area contributed by atoms with Crippen LogP contribution in [0, 0.1) is 6.92 Å².